The first-order valence-corrected chi connectivity index (χ1v) is 5.29. The van der Waals surface area contributed by atoms with Gasteiger partial charge in [0.1, 0.15) is 6.42 Å². The van der Waals surface area contributed by atoms with Crippen LogP contribution in [-0.2, 0) is 9.59 Å². The second-order valence-corrected chi connectivity index (χ2v) is 4.00. The first-order valence-electron chi connectivity index (χ1n) is 4.51. The van der Waals surface area contributed by atoms with Gasteiger partial charge in [0, 0.05) is 0 Å². The number of benzene rings is 1. The van der Waals surface area contributed by atoms with E-state index in [0.717, 1.165) is 0 Å². The fourth-order valence-electron chi connectivity index (χ4n) is 1.43. The molecule has 1 aromatic rings. The number of halogens is 1. The quantitative estimate of drug-likeness (QED) is 0.610. The van der Waals surface area contributed by atoms with Gasteiger partial charge in [0.15, 0.2) is 5.11 Å². The van der Waals surface area contributed by atoms with Crippen molar-refractivity contribution >= 4 is 46.4 Å². The highest BCUT2D eigenvalue weighted by Crippen LogP contribution is 2.26. The van der Waals surface area contributed by atoms with Crippen molar-refractivity contribution in [2.45, 2.75) is 6.42 Å². The summed E-state index contributed by atoms with van der Waals surface area (Å²) < 4.78 is 0. The van der Waals surface area contributed by atoms with E-state index < -0.39 is 5.91 Å². The Morgan fingerprint density at radius 2 is 2.00 bits per heavy atom. The summed E-state index contributed by atoms with van der Waals surface area (Å²) in [7, 11) is 0. The Hall–Kier alpha value is -1.46. The maximum atomic E-state index is 11.7. The van der Waals surface area contributed by atoms with Gasteiger partial charge in [0.2, 0.25) is 11.8 Å². The molecule has 1 saturated heterocycles. The van der Waals surface area contributed by atoms with Crippen LogP contribution in [0.5, 0.6) is 0 Å². The number of hydrogen-bond acceptors (Lipinski definition) is 3. The number of para-hydroxylation sites is 1. The second kappa shape index (κ2) is 4.19. The fourth-order valence-corrected chi connectivity index (χ4v) is 1.96. The first-order chi connectivity index (χ1) is 7.59. The maximum Gasteiger partial charge on any atom is 0.242 e. The number of hydrogen-bond donors (Lipinski definition) is 1. The highest BCUT2D eigenvalue weighted by molar-refractivity contribution is 7.80. The number of anilines is 1. The number of carbonyl (C=O) groups is 2. The zero-order valence-corrected chi connectivity index (χ0v) is 9.64. The van der Waals surface area contributed by atoms with Gasteiger partial charge in [-0.1, -0.05) is 23.7 Å². The normalized spacial score (nSPS) is 16.3. The van der Waals surface area contributed by atoms with Gasteiger partial charge < -0.3 is 5.32 Å². The maximum absolute atomic E-state index is 11.7. The van der Waals surface area contributed by atoms with E-state index in [4.69, 9.17) is 23.8 Å². The van der Waals surface area contributed by atoms with Crippen molar-refractivity contribution in [3.05, 3.63) is 29.3 Å². The highest BCUT2D eigenvalue weighted by Gasteiger charge is 2.30. The Morgan fingerprint density at radius 1 is 1.31 bits per heavy atom. The third kappa shape index (κ3) is 1.91. The van der Waals surface area contributed by atoms with Gasteiger partial charge in [-0.2, -0.15) is 0 Å². The van der Waals surface area contributed by atoms with Crippen molar-refractivity contribution in [3.8, 4) is 0 Å². The highest BCUT2D eigenvalue weighted by atomic mass is 35.5. The van der Waals surface area contributed by atoms with E-state index in [9.17, 15) is 9.59 Å². The van der Waals surface area contributed by atoms with Crippen molar-refractivity contribution in [3.63, 3.8) is 0 Å². The van der Waals surface area contributed by atoms with Gasteiger partial charge in [-0.3, -0.25) is 14.5 Å². The summed E-state index contributed by atoms with van der Waals surface area (Å²) in [5.41, 5.74) is 0.485. The van der Waals surface area contributed by atoms with E-state index in [1.165, 1.54) is 4.90 Å². The van der Waals surface area contributed by atoms with Gasteiger partial charge in [-0.25, -0.2) is 0 Å². The SMILES string of the molecule is O=C1CC(=O)N(c2ccccc2Cl)C(=S)N1. The summed E-state index contributed by atoms with van der Waals surface area (Å²) in [6.45, 7) is 0. The van der Waals surface area contributed by atoms with E-state index in [-0.39, 0.29) is 17.4 Å². The lowest BCUT2D eigenvalue weighted by molar-refractivity contribution is -0.127. The monoisotopic (exact) mass is 254 g/mol. The minimum Gasteiger partial charge on any atom is -0.302 e. The molecule has 4 nitrogen and oxygen atoms in total. The van der Waals surface area contributed by atoms with Crippen molar-refractivity contribution in [1.82, 2.24) is 5.32 Å². The molecule has 0 aromatic heterocycles. The van der Waals surface area contributed by atoms with E-state index in [1.54, 1.807) is 24.3 Å². The smallest absolute Gasteiger partial charge is 0.242 e. The predicted octanol–water partition coefficient (Wildman–Crippen LogP) is 1.48. The van der Waals surface area contributed by atoms with Crippen LogP contribution in [0.25, 0.3) is 0 Å². The lowest BCUT2D eigenvalue weighted by Crippen LogP contribution is -2.52. The molecule has 2 rings (SSSR count). The largest absolute Gasteiger partial charge is 0.302 e. The van der Waals surface area contributed by atoms with Crippen LogP contribution in [0.15, 0.2) is 24.3 Å². The second-order valence-electron chi connectivity index (χ2n) is 3.21. The average Bonchev–Trinajstić information content (AvgIpc) is 2.19. The average molecular weight is 255 g/mol. The van der Waals surface area contributed by atoms with Crippen molar-refractivity contribution in [1.29, 1.82) is 0 Å². The Labute approximate surface area is 102 Å². The summed E-state index contributed by atoms with van der Waals surface area (Å²) in [5, 5.41) is 2.90. The molecule has 1 N–H and O–H groups in total. The van der Waals surface area contributed by atoms with Crippen LogP contribution in [0.1, 0.15) is 6.42 Å². The van der Waals surface area contributed by atoms with Crippen molar-refractivity contribution in [2.75, 3.05) is 4.90 Å². The lowest BCUT2D eigenvalue weighted by Gasteiger charge is -2.27. The molecule has 1 aromatic carbocycles. The zero-order chi connectivity index (χ0) is 11.7. The van der Waals surface area contributed by atoms with Crippen molar-refractivity contribution in [2.24, 2.45) is 0 Å². The molecule has 1 heterocycles. The van der Waals surface area contributed by atoms with Crippen LogP contribution in [0.2, 0.25) is 5.02 Å². The number of nitrogens with zero attached hydrogens (tertiary/aromatic N) is 1. The molecular formula is C10H7ClN2O2S. The molecule has 82 valence electrons. The van der Waals surface area contributed by atoms with Gasteiger partial charge in [0.05, 0.1) is 10.7 Å². The molecule has 0 saturated carbocycles. The predicted molar refractivity (Wildman–Crippen MR) is 64.3 cm³/mol. The number of nitrogens with one attached hydrogen (secondary N) is 1. The number of thiocarbonyl (C=S) groups is 1. The zero-order valence-electron chi connectivity index (χ0n) is 8.07. The van der Waals surface area contributed by atoms with Crippen LogP contribution in [0, 0.1) is 0 Å². The molecule has 1 aliphatic heterocycles. The number of rotatable bonds is 1. The minimum atomic E-state index is -0.390. The van der Waals surface area contributed by atoms with Gasteiger partial charge in [-0.15, -0.1) is 0 Å². The number of carbonyl (C=O) groups excluding carboxylic acids is 2. The molecule has 1 aliphatic rings. The molecular weight excluding hydrogens is 248 g/mol. The van der Waals surface area contributed by atoms with Crippen LogP contribution in [-0.4, -0.2) is 16.9 Å². The molecule has 0 aliphatic carbocycles. The first kappa shape index (κ1) is 11.0. The summed E-state index contributed by atoms with van der Waals surface area (Å²) in [6.07, 6.45) is -0.217. The van der Waals surface area contributed by atoms with Crippen LogP contribution < -0.4 is 10.2 Å². The number of amides is 2. The molecule has 2 amide bonds. The summed E-state index contributed by atoms with van der Waals surface area (Å²) in [5.74, 6) is -0.764. The van der Waals surface area contributed by atoms with Crippen LogP contribution in [0.3, 0.4) is 0 Å². The molecule has 0 atom stereocenters. The standard InChI is InChI=1S/C10H7ClN2O2S/c11-6-3-1-2-4-7(6)13-9(15)5-8(14)12-10(13)16/h1-4H,5H2,(H,12,14,16). The molecule has 0 unspecified atom stereocenters. The Balaban J connectivity index is 2.41. The summed E-state index contributed by atoms with van der Waals surface area (Å²) in [4.78, 5) is 24.0. The Morgan fingerprint density at radius 3 is 2.62 bits per heavy atom. The van der Waals surface area contributed by atoms with Crippen LogP contribution >= 0.6 is 23.8 Å². The lowest BCUT2D eigenvalue weighted by atomic mass is 10.2. The molecule has 0 bridgehead atoms. The van der Waals surface area contributed by atoms with E-state index in [2.05, 4.69) is 5.32 Å². The minimum absolute atomic E-state index is 0.0642. The Kier molecular flexibility index (Phi) is 2.89. The van der Waals surface area contributed by atoms with Gasteiger partial charge >= 0.3 is 0 Å². The van der Waals surface area contributed by atoms with Crippen molar-refractivity contribution < 1.29 is 9.59 Å². The molecule has 16 heavy (non-hydrogen) atoms. The van der Waals surface area contributed by atoms with Gasteiger partial charge in [-0.05, 0) is 24.4 Å². The molecule has 6 heteroatoms. The van der Waals surface area contributed by atoms with Crippen LogP contribution in [0.4, 0.5) is 5.69 Å². The third-order valence-corrected chi connectivity index (χ3v) is 2.71. The molecule has 1 fully saturated rings. The molecule has 0 spiro atoms. The topological polar surface area (TPSA) is 49.4 Å². The van der Waals surface area contributed by atoms with E-state index >= 15 is 0 Å². The summed E-state index contributed by atoms with van der Waals surface area (Å²) >= 11 is 10.9. The fraction of sp³-hybridized carbons (Fsp3) is 0.100. The third-order valence-electron chi connectivity index (χ3n) is 2.10. The molecule has 0 radical (unpaired) electrons. The van der Waals surface area contributed by atoms with Gasteiger partial charge in [0.25, 0.3) is 0 Å². The van der Waals surface area contributed by atoms with E-state index in [1.807, 2.05) is 0 Å². The van der Waals surface area contributed by atoms with E-state index in [0.29, 0.717) is 10.7 Å². The Bertz CT molecular complexity index is 469. The summed E-state index contributed by atoms with van der Waals surface area (Å²) in [6, 6.07) is 6.82.